The van der Waals surface area contributed by atoms with Gasteiger partial charge in [0.15, 0.2) is 0 Å². The second-order valence-electron chi connectivity index (χ2n) is 4.17. The molecule has 3 N–H and O–H groups in total. The molecule has 0 unspecified atom stereocenters. The van der Waals surface area contributed by atoms with Gasteiger partial charge in [0.2, 0.25) is 5.95 Å². The first-order valence-electron chi connectivity index (χ1n) is 5.67. The summed E-state index contributed by atoms with van der Waals surface area (Å²) in [6.07, 6.45) is 8.53. The van der Waals surface area contributed by atoms with Gasteiger partial charge >= 0.3 is 0 Å². The molecule has 0 aromatic carbocycles. The fourth-order valence-electron chi connectivity index (χ4n) is 2.18. The summed E-state index contributed by atoms with van der Waals surface area (Å²) >= 11 is 0. The second-order valence-corrected chi connectivity index (χ2v) is 4.17. The average Bonchev–Trinajstić information content (AvgIpc) is 2.71. The Morgan fingerprint density at radius 1 is 1.40 bits per heavy atom. The number of aromatic nitrogens is 2. The van der Waals surface area contributed by atoms with E-state index in [4.69, 9.17) is 5.73 Å². The molecule has 2 rings (SSSR count). The van der Waals surface area contributed by atoms with Crippen molar-refractivity contribution in [3.05, 3.63) is 12.3 Å². The molecular formula is C11H18N4. The Bertz CT molecular complexity index is 307. The summed E-state index contributed by atoms with van der Waals surface area (Å²) in [6.45, 7) is 0.987. The SMILES string of the molecule is Nc1nccc(NCCC2CCCC2)n1. The van der Waals surface area contributed by atoms with Crippen molar-refractivity contribution in [1.82, 2.24) is 9.97 Å². The molecule has 1 aromatic rings. The van der Waals surface area contributed by atoms with Crippen LogP contribution in [0.2, 0.25) is 0 Å². The molecule has 1 saturated carbocycles. The van der Waals surface area contributed by atoms with Crippen molar-refractivity contribution in [1.29, 1.82) is 0 Å². The Labute approximate surface area is 90.3 Å². The zero-order valence-electron chi connectivity index (χ0n) is 8.95. The maximum atomic E-state index is 5.49. The van der Waals surface area contributed by atoms with Crippen LogP contribution in [0.25, 0.3) is 0 Å². The number of nitrogens with zero attached hydrogens (tertiary/aromatic N) is 2. The van der Waals surface area contributed by atoms with Crippen molar-refractivity contribution in [2.45, 2.75) is 32.1 Å². The Morgan fingerprint density at radius 2 is 2.20 bits per heavy atom. The van der Waals surface area contributed by atoms with Crippen molar-refractivity contribution < 1.29 is 0 Å². The second kappa shape index (κ2) is 4.96. The first-order valence-corrected chi connectivity index (χ1v) is 5.67. The highest BCUT2D eigenvalue weighted by Crippen LogP contribution is 2.27. The number of nitrogens with two attached hydrogens (primary N) is 1. The Hall–Kier alpha value is -1.32. The van der Waals surface area contributed by atoms with Crippen LogP contribution in [-0.4, -0.2) is 16.5 Å². The number of nitrogen functional groups attached to an aromatic ring is 1. The van der Waals surface area contributed by atoms with Crippen LogP contribution in [0.4, 0.5) is 11.8 Å². The fraction of sp³-hybridized carbons (Fsp3) is 0.636. The third kappa shape index (κ3) is 3.08. The molecule has 0 spiro atoms. The van der Waals surface area contributed by atoms with Crippen LogP contribution in [-0.2, 0) is 0 Å². The third-order valence-corrected chi connectivity index (χ3v) is 3.01. The molecule has 0 atom stereocenters. The smallest absolute Gasteiger partial charge is 0.221 e. The Balaban J connectivity index is 1.73. The molecule has 82 valence electrons. The quantitative estimate of drug-likeness (QED) is 0.791. The lowest BCUT2D eigenvalue weighted by atomic mass is 10.0. The van der Waals surface area contributed by atoms with E-state index in [0.29, 0.717) is 5.95 Å². The number of nitrogens with one attached hydrogen (secondary N) is 1. The van der Waals surface area contributed by atoms with Crippen LogP contribution in [0.15, 0.2) is 12.3 Å². The molecule has 4 heteroatoms. The van der Waals surface area contributed by atoms with Gasteiger partial charge in [-0.05, 0) is 18.4 Å². The van der Waals surface area contributed by atoms with Gasteiger partial charge in [0.1, 0.15) is 5.82 Å². The number of hydrogen-bond donors (Lipinski definition) is 2. The van der Waals surface area contributed by atoms with Crippen molar-refractivity contribution in [3.8, 4) is 0 Å². The van der Waals surface area contributed by atoms with Crippen molar-refractivity contribution >= 4 is 11.8 Å². The molecule has 0 aliphatic heterocycles. The number of hydrogen-bond acceptors (Lipinski definition) is 4. The Kier molecular flexibility index (Phi) is 3.37. The van der Waals surface area contributed by atoms with Crippen LogP contribution in [0.1, 0.15) is 32.1 Å². The maximum absolute atomic E-state index is 5.49. The third-order valence-electron chi connectivity index (χ3n) is 3.01. The summed E-state index contributed by atoms with van der Waals surface area (Å²) in [5.41, 5.74) is 5.49. The summed E-state index contributed by atoms with van der Waals surface area (Å²) in [5, 5.41) is 3.28. The molecule has 4 nitrogen and oxygen atoms in total. The van der Waals surface area contributed by atoms with E-state index >= 15 is 0 Å². The van der Waals surface area contributed by atoms with Crippen LogP contribution in [0.5, 0.6) is 0 Å². The molecule has 1 fully saturated rings. The van der Waals surface area contributed by atoms with Crippen LogP contribution < -0.4 is 11.1 Å². The van der Waals surface area contributed by atoms with E-state index < -0.39 is 0 Å². The lowest BCUT2D eigenvalue weighted by molar-refractivity contribution is 0.518. The highest BCUT2D eigenvalue weighted by atomic mass is 15.1. The Morgan fingerprint density at radius 3 is 2.93 bits per heavy atom. The van der Waals surface area contributed by atoms with Gasteiger partial charge in [0.25, 0.3) is 0 Å². The van der Waals surface area contributed by atoms with Gasteiger partial charge < -0.3 is 11.1 Å². The summed E-state index contributed by atoms with van der Waals surface area (Å²) in [5.74, 6) is 2.08. The molecule has 0 bridgehead atoms. The first-order chi connectivity index (χ1) is 7.34. The zero-order chi connectivity index (χ0) is 10.5. The predicted molar refractivity (Wildman–Crippen MR) is 61.5 cm³/mol. The number of rotatable bonds is 4. The van der Waals surface area contributed by atoms with Gasteiger partial charge in [-0.3, -0.25) is 0 Å². The molecule has 15 heavy (non-hydrogen) atoms. The van der Waals surface area contributed by atoms with E-state index in [9.17, 15) is 0 Å². The predicted octanol–water partition coefficient (Wildman–Crippen LogP) is 2.05. The molecular weight excluding hydrogens is 188 g/mol. The van der Waals surface area contributed by atoms with Gasteiger partial charge in [-0.25, -0.2) is 4.98 Å². The molecule has 0 amide bonds. The van der Waals surface area contributed by atoms with Crippen molar-refractivity contribution in [3.63, 3.8) is 0 Å². The van der Waals surface area contributed by atoms with E-state index in [1.54, 1.807) is 6.20 Å². The van der Waals surface area contributed by atoms with Crippen LogP contribution >= 0.6 is 0 Å². The molecule has 1 heterocycles. The highest BCUT2D eigenvalue weighted by molar-refractivity contribution is 5.37. The fourth-order valence-corrected chi connectivity index (χ4v) is 2.18. The molecule has 0 saturated heterocycles. The van der Waals surface area contributed by atoms with Crippen LogP contribution in [0.3, 0.4) is 0 Å². The summed E-state index contributed by atoms with van der Waals surface area (Å²) < 4.78 is 0. The van der Waals surface area contributed by atoms with Gasteiger partial charge in [0.05, 0.1) is 0 Å². The molecule has 1 aliphatic carbocycles. The minimum atomic E-state index is 0.334. The van der Waals surface area contributed by atoms with Crippen LogP contribution in [0, 0.1) is 5.92 Å². The van der Waals surface area contributed by atoms with Gasteiger partial charge in [-0.2, -0.15) is 4.98 Å². The minimum Gasteiger partial charge on any atom is -0.370 e. The van der Waals surface area contributed by atoms with E-state index in [1.807, 2.05) is 6.07 Å². The van der Waals surface area contributed by atoms with E-state index in [1.165, 1.54) is 32.1 Å². The zero-order valence-corrected chi connectivity index (χ0v) is 8.95. The van der Waals surface area contributed by atoms with Gasteiger partial charge in [0, 0.05) is 12.7 Å². The number of anilines is 2. The van der Waals surface area contributed by atoms with Crippen molar-refractivity contribution in [2.75, 3.05) is 17.6 Å². The highest BCUT2D eigenvalue weighted by Gasteiger charge is 2.13. The van der Waals surface area contributed by atoms with Gasteiger partial charge in [-0.15, -0.1) is 0 Å². The topological polar surface area (TPSA) is 63.8 Å². The molecule has 1 aromatic heterocycles. The lowest BCUT2D eigenvalue weighted by Crippen LogP contribution is -2.08. The largest absolute Gasteiger partial charge is 0.370 e. The van der Waals surface area contributed by atoms with Gasteiger partial charge in [-0.1, -0.05) is 25.7 Å². The maximum Gasteiger partial charge on any atom is 0.221 e. The summed E-state index contributed by atoms with van der Waals surface area (Å²) in [6, 6.07) is 1.85. The molecule has 0 radical (unpaired) electrons. The average molecular weight is 206 g/mol. The summed E-state index contributed by atoms with van der Waals surface area (Å²) in [4.78, 5) is 7.94. The van der Waals surface area contributed by atoms with E-state index in [0.717, 1.165) is 18.3 Å². The minimum absolute atomic E-state index is 0.334. The van der Waals surface area contributed by atoms with Crippen molar-refractivity contribution in [2.24, 2.45) is 5.92 Å². The normalized spacial score (nSPS) is 16.8. The van der Waals surface area contributed by atoms with E-state index in [-0.39, 0.29) is 0 Å². The monoisotopic (exact) mass is 206 g/mol. The standard InChI is InChI=1S/C11H18N4/c12-11-14-8-6-10(15-11)13-7-5-9-3-1-2-4-9/h6,8-9H,1-5,7H2,(H3,12,13,14,15). The summed E-state index contributed by atoms with van der Waals surface area (Å²) in [7, 11) is 0. The molecule has 1 aliphatic rings. The lowest BCUT2D eigenvalue weighted by Gasteiger charge is -2.09. The van der Waals surface area contributed by atoms with E-state index in [2.05, 4.69) is 15.3 Å². The first kappa shape index (κ1) is 10.2.